The third-order valence-corrected chi connectivity index (χ3v) is 3.81. The molecule has 0 saturated heterocycles. The van der Waals surface area contributed by atoms with Crippen LogP contribution in [0.1, 0.15) is 26.3 Å². The largest absolute Gasteiger partial charge is 0.497 e. The molecule has 0 N–H and O–H groups in total. The van der Waals surface area contributed by atoms with Crippen molar-refractivity contribution in [3.05, 3.63) is 27.7 Å². The Morgan fingerprint density at radius 2 is 1.95 bits per heavy atom. The highest BCUT2D eigenvalue weighted by molar-refractivity contribution is 9.11. The maximum absolute atomic E-state index is 5.82. The van der Waals surface area contributed by atoms with E-state index < -0.39 is 0 Å². The second-order valence-corrected chi connectivity index (χ2v) is 7.25. The molecule has 0 bridgehead atoms. The van der Waals surface area contributed by atoms with Crippen molar-refractivity contribution in [2.75, 3.05) is 7.11 Å². The van der Waals surface area contributed by atoms with E-state index in [-0.39, 0.29) is 5.41 Å². The van der Waals surface area contributed by atoms with Gasteiger partial charge >= 0.3 is 0 Å². The highest BCUT2D eigenvalue weighted by Crippen LogP contribution is 2.37. The number of rotatable bonds is 3. The van der Waals surface area contributed by atoms with Crippen molar-refractivity contribution in [2.24, 2.45) is 0 Å². The average Bonchev–Trinajstić information content (AvgIpc) is 2.74. The maximum Gasteiger partial charge on any atom is 0.300 e. The van der Waals surface area contributed by atoms with Crippen LogP contribution >= 0.6 is 27.3 Å². The third-order valence-electron chi connectivity index (χ3n) is 2.57. The summed E-state index contributed by atoms with van der Waals surface area (Å²) >= 11 is 4.62. The molecule has 0 unspecified atom stereocenters. The number of nitrogens with zero attached hydrogens (tertiary/aromatic N) is 2. The Hall–Kier alpha value is -1.14. The number of benzene rings is 1. The molecule has 0 fully saturated rings. The van der Waals surface area contributed by atoms with Crippen LogP contribution in [0, 0.1) is 0 Å². The molecule has 0 radical (unpaired) electrons. The fourth-order valence-corrected chi connectivity index (χ4v) is 2.57. The van der Waals surface area contributed by atoms with Crippen molar-refractivity contribution in [3.8, 4) is 16.7 Å². The Kier molecular flexibility index (Phi) is 4.10. The first-order valence-electron chi connectivity index (χ1n) is 5.75. The van der Waals surface area contributed by atoms with Gasteiger partial charge in [0.2, 0.25) is 0 Å². The first-order chi connectivity index (χ1) is 8.90. The van der Waals surface area contributed by atoms with Crippen molar-refractivity contribution in [3.63, 3.8) is 0 Å². The van der Waals surface area contributed by atoms with Gasteiger partial charge in [-0.2, -0.15) is 0 Å². The van der Waals surface area contributed by atoms with Gasteiger partial charge in [0.15, 0.2) is 3.92 Å². The minimum absolute atomic E-state index is 0.0498. The van der Waals surface area contributed by atoms with Crippen LogP contribution in [0.15, 0.2) is 22.1 Å². The first-order valence-corrected chi connectivity index (χ1v) is 7.36. The summed E-state index contributed by atoms with van der Waals surface area (Å²) in [5.41, 5.74) is 1.02. The Labute approximate surface area is 124 Å². The Balaban J connectivity index is 2.39. The molecule has 19 heavy (non-hydrogen) atoms. The zero-order valence-electron chi connectivity index (χ0n) is 11.2. The summed E-state index contributed by atoms with van der Waals surface area (Å²) in [6, 6.07) is 5.76. The van der Waals surface area contributed by atoms with Crippen LogP contribution < -0.4 is 9.47 Å². The topological polar surface area (TPSA) is 44.2 Å². The standard InChI is InChI=1S/C13H15BrN2O2S/c1-13(2,3)9-7-8(17-4)5-6-10(9)18-12-16-15-11(14)19-12/h5-7H,1-4H3. The normalized spacial score (nSPS) is 11.4. The van der Waals surface area contributed by atoms with Gasteiger partial charge < -0.3 is 9.47 Å². The van der Waals surface area contributed by atoms with Gasteiger partial charge in [0.25, 0.3) is 5.19 Å². The molecule has 1 heterocycles. The van der Waals surface area contributed by atoms with Crippen molar-refractivity contribution >= 4 is 27.3 Å². The van der Waals surface area contributed by atoms with Crippen molar-refractivity contribution in [1.82, 2.24) is 10.2 Å². The van der Waals surface area contributed by atoms with Gasteiger partial charge in [0.1, 0.15) is 11.5 Å². The summed E-state index contributed by atoms with van der Waals surface area (Å²) in [5, 5.41) is 8.34. The van der Waals surface area contributed by atoms with E-state index in [2.05, 4.69) is 46.9 Å². The maximum atomic E-state index is 5.82. The summed E-state index contributed by atoms with van der Waals surface area (Å²) in [6.07, 6.45) is 0. The van der Waals surface area contributed by atoms with Gasteiger partial charge in [-0.1, -0.05) is 25.9 Å². The highest BCUT2D eigenvalue weighted by Gasteiger charge is 2.21. The molecule has 4 nitrogen and oxygen atoms in total. The molecular weight excluding hydrogens is 328 g/mol. The Bertz CT molecular complexity index is 578. The SMILES string of the molecule is COc1ccc(Oc2nnc(Br)s2)c(C(C)(C)C)c1. The fourth-order valence-electron chi connectivity index (χ4n) is 1.64. The Morgan fingerprint density at radius 3 is 2.47 bits per heavy atom. The molecule has 0 amide bonds. The molecule has 102 valence electrons. The lowest BCUT2D eigenvalue weighted by Crippen LogP contribution is -2.12. The number of hydrogen-bond donors (Lipinski definition) is 0. The zero-order chi connectivity index (χ0) is 14.0. The summed E-state index contributed by atoms with van der Waals surface area (Å²) in [7, 11) is 1.66. The predicted molar refractivity (Wildman–Crippen MR) is 79.4 cm³/mol. The third kappa shape index (κ3) is 3.45. The van der Waals surface area contributed by atoms with E-state index in [0.29, 0.717) is 9.11 Å². The molecule has 0 saturated carbocycles. The molecule has 0 aliphatic heterocycles. The number of methoxy groups -OCH3 is 1. The number of halogens is 1. The smallest absolute Gasteiger partial charge is 0.300 e. The van der Waals surface area contributed by atoms with E-state index in [0.717, 1.165) is 17.1 Å². The van der Waals surface area contributed by atoms with Crippen LogP contribution in [-0.4, -0.2) is 17.3 Å². The second-order valence-electron chi connectivity index (χ2n) is 5.04. The van der Waals surface area contributed by atoms with Gasteiger partial charge in [-0.3, -0.25) is 0 Å². The van der Waals surface area contributed by atoms with E-state index >= 15 is 0 Å². The lowest BCUT2D eigenvalue weighted by molar-refractivity contribution is 0.406. The first kappa shape index (κ1) is 14.3. The molecule has 2 rings (SSSR count). The quantitative estimate of drug-likeness (QED) is 0.829. The molecule has 0 atom stereocenters. The molecule has 2 aromatic rings. The lowest BCUT2D eigenvalue weighted by atomic mass is 9.86. The summed E-state index contributed by atoms with van der Waals surface area (Å²) in [4.78, 5) is 0. The fraction of sp³-hybridized carbons (Fsp3) is 0.385. The van der Waals surface area contributed by atoms with Crippen LogP contribution in [0.25, 0.3) is 0 Å². The molecular formula is C13H15BrN2O2S. The minimum atomic E-state index is -0.0498. The van der Waals surface area contributed by atoms with Crippen LogP contribution in [0.4, 0.5) is 0 Å². The van der Waals surface area contributed by atoms with Gasteiger partial charge in [-0.25, -0.2) is 0 Å². The summed E-state index contributed by atoms with van der Waals surface area (Å²) < 4.78 is 11.8. The van der Waals surface area contributed by atoms with E-state index in [4.69, 9.17) is 9.47 Å². The number of hydrogen-bond acceptors (Lipinski definition) is 5. The Morgan fingerprint density at radius 1 is 1.21 bits per heavy atom. The summed E-state index contributed by atoms with van der Waals surface area (Å²) in [5.74, 6) is 1.59. The molecule has 1 aromatic heterocycles. The molecule has 6 heteroatoms. The minimum Gasteiger partial charge on any atom is -0.497 e. The number of ether oxygens (including phenoxy) is 2. The van der Waals surface area contributed by atoms with Crippen LogP contribution in [0.2, 0.25) is 0 Å². The second kappa shape index (κ2) is 5.46. The molecule has 0 spiro atoms. The molecule has 0 aliphatic rings. The van der Waals surface area contributed by atoms with Gasteiger partial charge in [0, 0.05) is 5.56 Å². The van der Waals surface area contributed by atoms with Crippen LogP contribution in [-0.2, 0) is 5.41 Å². The molecule has 0 aliphatic carbocycles. The van der Waals surface area contributed by atoms with Crippen molar-refractivity contribution < 1.29 is 9.47 Å². The van der Waals surface area contributed by atoms with Gasteiger partial charge in [-0.05, 0) is 50.9 Å². The van der Waals surface area contributed by atoms with Gasteiger partial charge in [-0.15, -0.1) is 5.10 Å². The monoisotopic (exact) mass is 342 g/mol. The van der Waals surface area contributed by atoms with E-state index in [9.17, 15) is 0 Å². The summed E-state index contributed by atoms with van der Waals surface area (Å²) in [6.45, 7) is 6.39. The van der Waals surface area contributed by atoms with Crippen LogP contribution in [0.5, 0.6) is 16.7 Å². The molecule has 1 aromatic carbocycles. The van der Waals surface area contributed by atoms with E-state index in [1.54, 1.807) is 7.11 Å². The lowest BCUT2D eigenvalue weighted by Gasteiger charge is -2.22. The van der Waals surface area contributed by atoms with E-state index in [1.165, 1.54) is 11.3 Å². The highest BCUT2D eigenvalue weighted by atomic mass is 79.9. The van der Waals surface area contributed by atoms with E-state index in [1.807, 2.05) is 18.2 Å². The zero-order valence-corrected chi connectivity index (χ0v) is 13.6. The van der Waals surface area contributed by atoms with Gasteiger partial charge in [0.05, 0.1) is 7.11 Å². The predicted octanol–water partition coefficient (Wildman–Crippen LogP) is 4.40. The van der Waals surface area contributed by atoms with Crippen LogP contribution in [0.3, 0.4) is 0 Å². The van der Waals surface area contributed by atoms with Crippen molar-refractivity contribution in [2.45, 2.75) is 26.2 Å². The van der Waals surface area contributed by atoms with Crippen molar-refractivity contribution in [1.29, 1.82) is 0 Å². The number of aromatic nitrogens is 2. The average molecular weight is 343 g/mol.